The van der Waals surface area contributed by atoms with Crippen LogP contribution in [0, 0.1) is 11.3 Å². The van der Waals surface area contributed by atoms with Gasteiger partial charge >= 0.3 is 0 Å². The molecule has 0 bridgehead atoms. The van der Waals surface area contributed by atoms with E-state index in [0.29, 0.717) is 18.0 Å². The lowest BCUT2D eigenvalue weighted by molar-refractivity contribution is 0.309. The molecule has 160 valence electrons. The number of hydrogen-bond donors (Lipinski definition) is 1. The van der Waals surface area contributed by atoms with Gasteiger partial charge in [0.2, 0.25) is 5.82 Å². The third-order valence-corrected chi connectivity index (χ3v) is 5.47. The predicted octanol–water partition coefficient (Wildman–Crippen LogP) is 5.09. The van der Waals surface area contributed by atoms with Crippen molar-refractivity contribution in [1.29, 1.82) is 5.26 Å². The number of ether oxygens (including phenoxy) is 1. The van der Waals surface area contributed by atoms with Crippen LogP contribution in [0.1, 0.15) is 23.7 Å². The van der Waals surface area contributed by atoms with Crippen LogP contribution in [0.25, 0.3) is 33.4 Å². The quantitative estimate of drug-likeness (QED) is 0.401. The van der Waals surface area contributed by atoms with Crippen LogP contribution in [0.2, 0.25) is 0 Å². The number of aryl methyl sites for hydroxylation is 1. The van der Waals surface area contributed by atoms with Gasteiger partial charge in [0.25, 0.3) is 0 Å². The Labute approximate surface area is 190 Å². The third kappa shape index (κ3) is 4.14. The second-order valence-corrected chi connectivity index (χ2v) is 7.58. The lowest BCUT2D eigenvalue weighted by Crippen LogP contribution is -2.00. The highest BCUT2D eigenvalue weighted by Crippen LogP contribution is 2.32. The number of aromatic amines is 1. The molecule has 0 radical (unpaired) electrons. The summed E-state index contributed by atoms with van der Waals surface area (Å²) in [5.74, 6) is 1.27. The van der Waals surface area contributed by atoms with Crippen LogP contribution in [0.15, 0.2) is 72.8 Å². The number of nitrogens with zero attached hydrogens (tertiary/aromatic N) is 5. The normalized spacial score (nSPS) is 10.8. The fourth-order valence-electron chi connectivity index (χ4n) is 3.79. The van der Waals surface area contributed by atoms with Gasteiger partial charge in [-0.3, -0.25) is 4.98 Å². The molecule has 0 aliphatic rings. The van der Waals surface area contributed by atoms with E-state index in [0.717, 1.165) is 51.0 Å². The Balaban J connectivity index is 1.50. The Hall–Kier alpha value is -4.57. The average molecular weight is 432 g/mol. The van der Waals surface area contributed by atoms with Crippen LogP contribution in [-0.4, -0.2) is 25.6 Å². The van der Waals surface area contributed by atoms with E-state index in [-0.39, 0.29) is 0 Å². The first kappa shape index (κ1) is 20.3. The number of nitrogens with one attached hydrogen (secondary N) is 1. The average Bonchev–Trinajstić information content (AvgIpc) is 3.42. The van der Waals surface area contributed by atoms with Gasteiger partial charge in [-0.2, -0.15) is 10.5 Å². The smallest absolute Gasteiger partial charge is 0.205 e. The minimum Gasteiger partial charge on any atom is -0.488 e. The summed E-state index contributed by atoms with van der Waals surface area (Å²) in [5, 5.41) is 24.7. The van der Waals surface area contributed by atoms with Crippen molar-refractivity contribution in [3.63, 3.8) is 0 Å². The summed E-state index contributed by atoms with van der Waals surface area (Å²) >= 11 is 0. The lowest BCUT2D eigenvalue weighted by atomic mass is 9.97. The topological polar surface area (TPSA) is 100 Å². The van der Waals surface area contributed by atoms with E-state index >= 15 is 0 Å². The van der Waals surface area contributed by atoms with Crippen molar-refractivity contribution in [3.05, 3.63) is 89.6 Å². The second-order valence-electron chi connectivity index (χ2n) is 7.58. The van der Waals surface area contributed by atoms with Crippen molar-refractivity contribution in [2.75, 3.05) is 0 Å². The summed E-state index contributed by atoms with van der Waals surface area (Å²) in [6.45, 7) is 2.41. The fraction of sp³-hybridized carbons (Fsp3) is 0.115. The van der Waals surface area contributed by atoms with E-state index in [4.69, 9.17) is 4.74 Å². The summed E-state index contributed by atoms with van der Waals surface area (Å²) in [6.07, 6.45) is 0.775. The fourth-order valence-corrected chi connectivity index (χ4v) is 3.79. The molecule has 0 aliphatic carbocycles. The van der Waals surface area contributed by atoms with Crippen LogP contribution < -0.4 is 4.74 Å². The minimum atomic E-state index is 0.363. The zero-order valence-electron chi connectivity index (χ0n) is 18.0. The van der Waals surface area contributed by atoms with Crippen molar-refractivity contribution in [2.45, 2.75) is 20.0 Å². The molecule has 5 aromatic rings. The first-order chi connectivity index (χ1) is 16.2. The van der Waals surface area contributed by atoms with E-state index in [9.17, 15) is 5.26 Å². The Morgan fingerprint density at radius 1 is 0.970 bits per heavy atom. The summed E-state index contributed by atoms with van der Waals surface area (Å²) in [5.41, 5.74) is 6.21. The summed E-state index contributed by atoms with van der Waals surface area (Å²) in [4.78, 5) is 4.65. The van der Waals surface area contributed by atoms with E-state index in [1.54, 1.807) is 12.1 Å². The highest BCUT2D eigenvalue weighted by molar-refractivity contribution is 5.86. The maximum Gasteiger partial charge on any atom is 0.205 e. The molecule has 1 N–H and O–H groups in total. The van der Waals surface area contributed by atoms with Crippen LogP contribution >= 0.6 is 0 Å². The molecule has 7 nitrogen and oxygen atoms in total. The number of H-pyrrole nitrogens is 1. The van der Waals surface area contributed by atoms with E-state index in [2.05, 4.69) is 49.9 Å². The molecule has 0 unspecified atom stereocenters. The molecule has 0 amide bonds. The molecule has 0 fully saturated rings. The van der Waals surface area contributed by atoms with Crippen molar-refractivity contribution in [2.24, 2.45) is 0 Å². The monoisotopic (exact) mass is 432 g/mol. The Morgan fingerprint density at radius 2 is 1.85 bits per heavy atom. The second kappa shape index (κ2) is 8.89. The van der Waals surface area contributed by atoms with Gasteiger partial charge < -0.3 is 4.74 Å². The number of pyridine rings is 1. The molecule has 33 heavy (non-hydrogen) atoms. The van der Waals surface area contributed by atoms with Crippen molar-refractivity contribution in [1.82, 2.24) is 25.6 Å². The maximum absolute atomic E-state index is 9.23. The predicted molar refractivity (Wildman–Crippen MR) is 125 cm³/mol. The van der Waals surface area contributed by atoms with Gasteiger partial charge in [0, 0.05) is 22.7 Å². The number of rotatable bonds is 6. The van der Waals surface area contributed by atoms with Crippen LogP contribution in [0.5, 0.6) is 5.75 Å². The van der Waals surface area contributed by atoms with Crippen molar-refractivity contribution >= 4 is 10.9 Å². The third-order valence-electron chi connectivity index (χ3n) is 5.47. The molecule has 0 atom stereocenters. The number of fused-ring (bicyclic) bond motifs is 1. The van der Waals surface area contributed by atoms with Gasteiger partial charge in [-0.1, -0.05) is 49.4 Å². The van der Waals surface area contributed by atoms with Gasteiger partial charge in [-0.05, 0) is 52.6 Å². The summed E-state index contributed by atoms with van der Waals surface area (Å²) in [6, 6.07) is 25.8. The molecule has 0 saturated carbocycles. The Kier molecular flexibility index (Phi) is 5.48. The van der Waals surface area contributed by atoms with Gasteiger partial charge in [-0.25, -0.2) is 0 Å². The molecule has 0 aliphatic heterocycles. The van der Waals surface area contributed by atoms with E-state index in [1.807, 2.05) is 49.4 Å². The minimum absolute atomic E-state index is 0.363. The zero-order valence-corrected chi connectivity index (χ0v) is 18.0. The van der Waals surface area contributed by atoms with Gasteiger partial charge in [0.15, 0.2) is 0 Å². The number of benzene rings is 3. The van der Waals surface area contributed by atoms with Crippen molar-refractivity contribution < 1.29 is 4.74 Å². The first-order valence-electron chi connectivity index (χ1n) is 10.6. The number of hydrogen-bond acceptors (Lipinski definition) is 6. The maximum atomic E-state index is 9.23. The summed E-state index contributed by atoms with van der Waals surface area (Å²) in [7, 11) is 0. The van der Waals surface area contributed by atoms with Crippen molar-refractivity contribution in [3.8, 4) is 34.3 Å². The number of aromatic nitrogens is 5. The molecule has 5 rings (SSSR count). The Morgan fingerprint density at radius 3 is 2.61 bits per heavy atom. The van der Waals surface area contributed by atoms with Crippen LogP contribution in [-0.2, 0) is 13.0 Å². The van der Waals surface area contributed by atoms with Crippen LogP contribution in [0.4, 0.5) is 0 Å². The molecular formula is C26H20N6O. The molecule has 3 aromatic carbocycles. The van der Waals surface area contributed by atoms with E-state index < -0.39 is 0 Å². The number of nitriles is 1. The van der Waals surface area contributed by atoms with Gasteiger partial charge in [0.1, 0.15) is 12.4 Å². The molecule has 2 aromatic heterocycles. The lowest BCUT2D eigenvalue weighted by Gasteiger charge is -2.13. The Bertz CT molecular complexity index is 1460. The van der Waals surface area contributed by atoms with Gasteiger partial charge in [0.05, 0.1) is 17.1 Å². The largest absolute Gasteiger partial charge is 0.488 e. The standard InChI is InChI=1S/C26H20N6O/c1-2-20-14-25(22-11-8-17(15-27)13-24(22)28-20)33-16-18-9-10-21(19-6-4-3-5-7-19)23(12-18)26-29-31-32-30-26/h3-14H,2,16H2,1H3,(H,29,30,31,32). The zero-order chi connectivity index (χ0) is 22.6. The molecule has 0 spiro atoms. The molecular weight excluding hydrogens is 412 g/mol. The van der Waals surface area contributed by atoms with E-state index in [1.165, 1.54) is 0 Å². The van der Waals surface area contributed by atoms with Gasteiger partial charge in [-0.15, -0.1) is 10.2 Å². The number of tetrazole rings is 1. The molecule has 2 heterocycles. The first-order valence-corrected chi connectivity index (χ1v) is 10.6. The molecule has 0 saturated heterocycles. The SMILES string of the molecule is CCc1cc(OCc2ccc(-c3ccccc3)c(-c3nn[nH]n3)c2)c2ccc(C#N)cc2n1. The highest BCUT2D eigenvalue weighted by Gasteiger charge is 2.13. The van der Waals surface area contributed by atoms with Crippen LogP contribution in [0.3, 0.4) is 0 Å². The summed E-state index contributed by atoms with van der Waals surface area (Å²) < 4.78 is 6.25. The molecule has 7 heteroatoms. The highest BCUT2D eigenvalue weighted by atomic mass is 16.5.